The molecule has 4 nitrogen and oxygen atoms in total. The number of fused-ring (bicyclic) bond motifs is 5. The Labute approximate surface area is 187 Å². The molecule has 2 aromatic heterocycles. The molecular weight excluding hydrogens is 432 g/mol. The summed E-state index contributed by atoms with van der Waals surface area (Å²) in [5.41, 5.74) is 0.741. The van der Waals surface area contributed by atoms with Crippen molar-refractivity contribution < 1.29 is 17.6 Å². The van der Waals surface area contributed by atoms with Gasteiger partial charge in [0.1, 0.15) is 17.5 Å². The Bertz CT molecular complexity index is 1390. The molecule has 2 unspecified atom stereocenters. The predicted octanol–water partition coefficient (Wildman–Crippen LogP) is 6.57. The van der Waals surface area contributed by atoms with E-state index >= 15 is 0 Å². The summed E-state index contributed by atoms with van der Waals surface area (Å²) in [6.07, 6.45) is 6.19. The monoisotopic (exact) mass is 454 g/mol. The summed E-state index contributed by atoms with van der Waals surface area (Å²) in [6.45, 7) is 2.23. The van der Waals surface area contributed by atoms with E-state index in [2.05, 4.69) is 27.2 Å². The number of hydrogen-bond acceptors (Lipinski definition) is 3. The first kappa shape index (κ1) is 20.4. The summed E-state index contributed by atoms with van der Waals surface area (Å²) in [5.74, 6) is -1.31. The number of hydrogen-bond donors (Lipinski definition) is 2. The van der Waals surface area contributed by atoms with Gasteiger partial charge in [0.05, 0.1) is 11.0 Å². The second-order valence-electron chi connectivity index (χ2n) is 9.40. The average Bonchev–Trinajstić information content (AvgIpc) is 3.21. The predicted molar refractivity (Wildman–Crippen MR) is 119 cm³/mol. The molecule has 0 aliphatic heterocycles. The van der Waals surface area contributed by atoms with Crippen molar-refractivity contribution in [3.8, 4) is 11.4 Å². The Balaban J connectivity index is 1.53. The van der Waals surface area contributed by atoms with Gasteiger partial charge in [-0.1, -0.05) is 6.92 Å². The van der Waals surface area contributed by atoms with E-state index in [1.165, 1.54) is 25.1 Å². The molecule has 0 spiro atoms. The number of H-pyrrole nitrogens is 1. The molecule has 2 bridgehead atoms. The van der Waals surface area contributed by atoms with Crippen molar-refractivity contribution in [2.24, 2.45) is 17.8 Å². The third kappa shape index (κ3) is 3.26. The van der Waals surface area contributed by atoms with Gasteiger partial charge in [-0.2, -0.15) is 0 Å². The highest BCUT2D eigenvalue weighted by atomic mass is 19.2. The van der Waals surface area contributed by atoms with Crippen LogP contribution in [0.2, 0.25) is 0 Å². The molecule has 2 N–H and O–H groups in total. The molecule has 170 valence electrons. The molecule has 2 atom stereocenters. The quantitative estimate of drug-likeness (QED) is 0.344. The van der Waals surface area contributed by atoms with Crippen molar-refractivity contribution >= 4 is 27.6 Å². The lowest BCUT2D eigenvalue weighted by molar-refractivity contribution is 0.0929. The van der Waals surface area contributed by atoms with Gasteiger partial charge in [-0.25, -0.2) is 27.5 Å². The Morgan fingerprint density at radius 2 is 1.58 bits per heavy atom. The molecule has 8 heteroatoms. The van der Waals surface area contributed by atoms with Crippen LogP contribution in [0.5, 0.6) is 0 Å². The van der Waals surface area contributed by atoms with Crippen molar-refractivity contribution in [2.45, 2.75) is 38.6 Å². The van der Waals surface area contributed by atoms with Gasteiger partial charge >= 0.3 is 0 Å². The van der Waals surface area contributed by atoms with Crippen molar-refractivity contribution in [3.63, 3.8) is 0 Å². The fourth-order valence-electron chi connectivity index (χ4n) is 5.85. The topological polar surface area (TPSA) is 53.6 Å². The summed E-state index contributed by atoms with van der Waals surface area (Å²) in [7, 11) is 0. The van der Waals surface area contributed by atoms with E-state index in [1.807, 2.05) is 0 Å². The fourth-order valence-corrected chi connectivity index (χ4v) is 5.85. The first-order valence-electron chi connectivity index (χ1n) is 11.3. The molecule has 2 aromatic carbocycles. The zero-order valence-electron chi connectivity index (χ0n) is 17.9. The molecule has 3 fully saturated rings. The third-order valence-corrected chi connectivity index (χ3v) is 7.62. The van der Waals surface area contributed by atoms with E-state index in [1.54, 1.807) is 0 Å². The maximum absolute atomic E-state index is 14.2. The zero-order chi connectivity index (χ0) is 22.9. The lowest BCUT2D eigenvalue weighted by atomic mass is 9.62. The van der Waals surface area contributed by atoms with Gasteiger partial charge in [0.25, 0.3) is 0 Å². The van der Waals surface area contributed by atoms with E-state index in [0.717, 1.165) is 31.0 Å². The van der Waals surface area contributed by atoms with E-state index < -0.39 is 23.3 Å². The number of aromatic nitrogens is 3. The largest absolute Gasteiger partial charge is 0.366 e. The molecule has 0 radical (unpaired) electrons. The maximum Gasteiger partial charge on any atom is 0.164 e. The first-order valence-corrected chi connectivity index (χ1v) is 11.3. The van der Waals surface area contributed by atoms with Crippen LogP contribution < -0.4 is 5.32 Å². The zero-order valence-corrected chi connectivity index (χ0v) is 17.9. The summed E-state index contributed by atoms with van der Waals surface area (Å²) < 4.78 is 56.4. The molecule has 3 aliphatic carbocycles. The van der Waals surface area contributed by atoms with Crippen LogP contribution in [0.4, 0.5) is 23.4 Å². The van der Waals surface area contributed by atoms with Crippen LogP contribution in [0.25, 0.3) is 33.2 Å². The minimum absolute atomic E-state index is 0.133. The van der Waals surface area contributed by atoms with Gasteiger partial charge in [-0.3, -0.25) is 0 Å². The van der Waals surface area contributed by atoms with E-state index in [0.29, 0.717) is 34.5 Å². The van der Waals surface area contributed by atoms with E-state index in [9.17, 15) is 17.6 Å². The van der Waals surface area contributed by atoms with Gasteiger partial charge in [0.2, 0.25) is 0 Å². The average molecular weight is 454 g/mol. The van der Waals surface area contributed by atoms with Crippen LogP contribution in [0, 0.1) is 41.0 Å². The van der Waals surface area contributed by atoms with Gasteiger partial charge in [0, 0.05) is 40.7 Å². The number of rotatable bonds is 3. The second-order valence-corrected chi connectivity index (χ2v) is 9.40. The number of nitrogens with one attached hydrogen (secondary N) is 2. The van der Waals surface area contributed by atoms with Crippen LogP contribution in [0.15, 0.2) is 30.5 Å². The molecule has 2 heterocycles. The van der Waals surface area contributed by atoms with Crippen LogP contribution in [0.1, 0.15) is 32.6 Å². The number of halogens is 4. The Morgan fingerprint density at radius 1 is 0.848 bits per heavy atom. The number of nitrogens with zero attached hydrogens (tertiary/aromatic N) is 2. The van der Waals surface area contributed by atoms with Gasteiger partial charge < -0.3 is 10.3 Å². The molecule has 0 amide bonds. The van der Waals surface area contributed by atoms with Gasteiger partial charge in [-0.05, 0) is 55.6 Å². The molecule has 33 heavy (non-hydrogen) atoms. The summed E-state index contributed by atoms with van der Waals surface area (Å²) in [5, 5.41) is 4.19. The maximum atomic E-state index is 14.2. The van der Waals surface area contributed by atoms with Gasteiger partial charge in [-0.15, -0.1) is 0 Å². The first-order chi connectivity index (χ1) is 15.9. The molecule has 0 saturated heterocycles. The van der Waals surface area contributed by atoms with Crippen LogP contribution in [-0.4, -0.2) is 21.0 Å². The third-order valence-electron chi connectivity index (χ3n) is 7.62. The Morgan fingerprint density at radius 3 is 2.33 bits per heavy atom. The van der Waals surface area contributed by atoms with Crippen molar-refractivity contribution in [1.82, 2.24) is 15.0 Å². The SMILES string of the molecule is CC1C2CCC(CC2)C1Nc1nc(-c2c[nH]c3c(F)cc(F)cc23)nc2cc(F)c(F)cc12. The number of aromatic amines is 1. The minimum Gasteiger partial charge on any atom is -0.366 e. The van der Waals surface area contributed by atoms with Gasteiger partial charge in [0.15, 0.2) is 17.5 Å². The molecule has 4 aromatic rings. The highest BCUT2D eigenvalue weighted by Crippen LogP contribution is 2.46. The van der Waals surface area contributed by atoms with Crippen molar-refractivity contribution in [2.75, 3.05) is 5.32 Å². The van der Waals surface area contributed by atoms with E-state index in [-0.39, 0.29) is 28.3 Å². The Kier molecular flexibility index (Phi) is 4.61. The normalized spacial score (nSPS) is 24.6. The molecular formula is C25H22F4N4. The highest BCUT2D eigenvalue weighted by molar-refractivity contribution is 5.97. The second kappa shape index (κ2) is 7.43. The lowest BCUT2D eigenvalue weighted by Gasteiger charge is -2.47. The van der Waals surface area contributed by atoms with Crippen molar-refractivity contribution in [3.05, 3.63) is 53.7 Å². The Hall–Kier alpha value is -3.16. The van der Waals surface area contributed by atoms with Crippen molar-refractivity contribution in [1.29, 1.82) is 0 Å². The summed E-state index contributed by atoms with van der Waals surface area (Å²) in [6, 6.07) is 4.31. The lowest BCUT2D eigenvalue weighted by Crippen LogP contribution is -2.47. The summed E-state index contributed by atoms with van der Waals surface area (Å²) >= 11 is 0. The highest BCUT2D eigenvalue weighted by Gasteiger charge is 2.41. The number of benzene rings is 2. The van der Waals surface area contributed by atoms with Crippen LogP contribution >= 0.6 is 0 Å². The fraction of sp³-hybridized carbons (Fsp3) is 0.360. The minimum atomic E-state index is -1.01. The van der Waals surface area contributed by atoms with Crippen LogP contribution in [0.3, 0.4) is 0 Å². The standard InChI is InChI=1S/C25H22F4N4/c1-11-12-2-4-13(5-3-12)22(11)32-24-16-8-18(27)19(28)9-21(16)31-25(33-24)17-10-30-23-15(17)6-14(26)7-20(23)29/h6-13,22,30H,2-5H2,1H3,(H,31,32,33). The smallest absolute Gasteiger partial charge is 0.164 e. The van der Waals surface area contributed by atoms with Crippen LogP contribution in [-0.2, 0) is 0 Å². The summed E-state index contributed by atoms with van der Waals surface area (Å²) in [4.78, 5) is 11.9. The molecule has 3 saturated carbocycles. The molecule has 7 rings (SSSR count). The van der Waals surface area contributed by atoms with E-state index in [4.69, 9.17) is 0 Å². The number of anilines is 1. The molecule has 3 aliphatic rings.